The summed E-state index contributed by atoms with van der Waals surface area (Å²) in [4.78, 5) is 15.6. The van der Waals surface area contributed by atoms with Gasteiger partial charge in [0.1, 0.15) is 5.75 Å². The van der Waals surface area contributed by atoms with Crippen LogP contribution in [0.2, 0.25) is 0 Å². The van der Waals surface area contributed by atoms with Crippen LogP contribution in [-0.4, -0.2) is 24.0 Å². The summed E-state index contributed by atoms with van der Waals surface area (Å²) in [5.74, 6) is 1.20. The highest BCUT2D eigenvalue weighted by molar-refractivity contribution is 5.98. The molecule has 1 aromatic heterocycles. The number of ether oxygens (including phenoxy) is 1. The highest BCUT2D eigenvalue weighted by Crippen LogP contribution is 2.44. The van der Waals surface area contributed by atoms with E-state index in [-0.39, 0.29) is 11.9 Å². The Bertz CT molecular complexity index is 868. The number of fused-ring (bicyclic) bond motifs is 1. The van der Waals surface area contributed by atoms with Gasteiger partial charge < -0.3 is 15.0 Å². The highest BCUT2D eigenvalue weighted by atomic mass is 16.5. The SMILES string of the molecule is COc1ccccc1[C@@H]1C[C@@H]1NC(=O)c1ccc2cc[nH]c2c1. The van der Waals surface area contributed by atoms with Gasteiger partial charge in [-0.25, -0.2) is 0 Å². The van der Waals surface area contributed by atoms with Crippen LogP contribution in [0.15, 0.2) is 54.7 Å². The third-order valence-electron chi connectivity index (χ3n) is 4.46. The molecule has 116 valence electrons. The molecule has 0 spiro atoms. The molecule has 1 heterocycles. The molecule has 1 saturated carbocycles. The van der Waals surface area contributed by atoms with E-state index in [1.807, 2.05) is 48.7 Å². The summed E-state index contributed by atoms with van der Waals surface area (Å²) in [5.41, 5.74) is 2.83. The van der Waals surface area contributed by atoms with Crippen molar-refractivity contribution in [3.05, 3.63) is 65.9 Å². The molecule has 1 amide bonds. The van der Waals surface area contributed by atoms with Crippen molar-refractivity contribution in [2.45, 2.75) is 18.4 Å². The van der Waals surface area contributed by atoms with E-state index in [9.17, 15) is 4.79 Å². The van der Waals surface area contributed by atoms with Crippen LogP contribution >= 0.6 is 0 Å². The number of nitrogens with one attached hydrogen (secondary N) is 2. The summed E-state index contributed by atoms with van der Waals surface area (Å²) in [6.07, 6.45) is 2.84. The first-order valence-electron chi connectivity index (χ1n) is 7.77. The number of para-hydroxylation sites is 1. The lowest BCUT2D eigenvalue weighted by atomic mass is 10.1. The molecule has 2 atom stereocenters. The van der Waals surface area contributed by atoms with Gasteiger partial charge in [0.05, 0.1) is 7.11 Å². The lowest BCUT2D eigenvalue weighted by Crippen LogP contribution is -2.26. The minimum absolute atomic E-state index is 0.0242. The predicted molar refractivity (Wildman–Crippen MR) is 89.9 cm³/mol. The zero-order valence-electron chi connectivity index (χ0n) is 12.9. The second kappa shape index (κ2) is 5.47. The number of carbonyl (C=O) groups is 1. The summed E-state index contributed by atoms with van der Waals surface area (Å²) < 4.78 is 5.41. The number of rotatable bonds is 4. The molecule has 0 radical (unpaired) electrons. The van der Waals surface area contributed by atoms with E-state index in [0.717, 1.165) is 23.1 Å². The molecule has 2 N–H and O–H groups in total. The number of benzene rings is 2. The van der Waals surface area contributed by atoms with E-state index in [1.165, 1.54) is 5.56 Å². The van der Waals surface area contributed by atoms with Gasteiger partial charge in [0.2, 0.25) is 0 Å². The van der Waals surface area contributed by atoms with Crippen molar-refractivity contribution in [1.29, 1.82) is 0 Å². The van der Waals surface area contributed by atoms with Gasteiger partial charge in [-0.15, -0.1) is 0 Å². The fourth-order valence-corrected chi connectivity index (χ4v) is 3.11. The molecule has 1 aliphatic carbocycles. The number of H-pyrrole nitrogens is 1. The Labute approximate surface area is 134 Å². The van der Waals surface area contributed by atoms with Gasteiger partial charge >= 0.3 is 0 Å². The van der Waals surface area contributed by atoms with Crippen LogP contribution in [0.4, 0.5) is 0 Å². The van der Waals surface area contributed by atoms with Gasteiger partial charge in [0, 0.05) is 29.2 Å². The van der Waals surface area contributed by atoms with Crippen molar-refractivity contribution in [3.8, 4) is 5.75 Å². The van der Waals surface area contributed by atoms with Crippen molar-refractivity contribution >= 4 is 16.8 Å². The quantitative estimate of drug-likeness (QED) is 0.775. The molecule has 4 nitrogen and oxygen atoms in total. The number of methoxy groups -OCH3 is 1. The van der Waals surface area contributed by atoms with Crippen LogP contribution in [-0.2, 0) is 0 Å². The van der Waals surface area contributed by atoms with Gasteiger partial charge in [0.25, 0.3) is 5.91 Å². The summed E-state index contributed by atoms with van der Waals surface area (Å²) in [5, 5.41) is 4.23. The Balaban J connectivity index is 1.48. The van der Waals surface area contributed by atoms with Crippen molar-refractivity contribution < 1.29 is 9.53 Å². The van der Waals surface area contributed by atoms with Gasteiger partial charge in [-0.2, -0.15) is 0 Å². The topological polar surface area (TPSA) is 54.1 Å². The molecular formula is C19H18N2O2. The van der Waals surface area contributed by atoms with Crippen LogP contribution < -0.4 is 10.1 Å². The van der Waals surface area contributed by atoms with E-state index in [0.29, 0.717) is 11.5 Å². The Morgan fingerprint density at radius 2 is 2.09 bits per heavy atom. The maximum Gasteiger partial charge on any atom is 0.251 e. The summed E-state index contributed by atoms with van der Waals surface area (Å²) in [6, 6.07) is 15.9. The van der Waals surface area contributed by atoms with Crippen LogP contribution in [0.25, 0.3) is 10.9 Å². The van der Waals surface area contributed by atoms with Gasteiger partial charge in [0.15, 0.2) is 0 Å². The zero-order chi connectivity index (χ0) is 15.8. The van der Waals surface area contributed by atoms with Crippen molar-refractivity contribution in [2.24, 2.45) is 0 Å². The average molecular weight is 306 g/mol. The average Bonchev–Trinajstić information content (AvgIpc) is 3.18. The van der Waals surface area contributed by atoms with E-state index in [1.54, 1.807) is 7.11 Å². The Hall–Kier alpha value is -2.75. The second-order valence-electron chi connectivity index (χ2n) is 5.94. The summed E-state index contributed by atoms with van der Waals surface area (Å²) in [6.45, 7) is 0. The minimum atomic E-state index is -0.0242. The zero-order valence-corrected chi connectivity index (χ0v) is 12.9. The molecule has 0 aliphatic heterocycles. The van der Waals surface area contributed by atoms with Crippen LogP contribution in [0.5, 0.6) is 5.75 Å². The van der Waals surface area contributed by atoms with Gasteiger partial charge in [-0.05, 0) is 41.6 Å². The fourth-order valence-electron chi connectivity index (χ4n) is 3.11. The van der Waals surface area contributed by atoms with Crippen molar-refractivity contribution in [2.75, 3.05) is 7.11 Å². The molecular weight excluding hydrogens is 288 g/mol. The Morgan fingerprint density at radius 3 is 2.96 bits per heavy atom. The molecule has 0 saturated heterocycles. The van der Waals surface area contributed by atoms with Crippen molar-refractivity contribution in [3.63, 3.8) is 0 Å². The maximum atomic E-state index is 12.4. The lowest BCUT2D eigenvalue weighted by Gasteiger charge is -2.09. The van der Waals surface area contributed by atoms with Crippen LogP contribution in [0.3, 0.4) is 0 Å². The van der Waals surface area contributed by atoms with E-state index in [2.05, 4.69) is 16.4 Å². The maximum absolute atomic E-state index is 12.4. The standard InChI is InChI=1S/C19H18N2O2/c1-23-18-5-3-2-4-14(18)15-11-17(15)21-19(22)13-7-6-12-8-9-20-16(12)10-13/h2-10,15,17,20H,11H2,1H3,(H,21,22)/t15-,17-/m0/s1. The number of carbonyl (C=O) groups excluding carboxylic acids is 1. The smallest absolute Gasteiger partial charge is 0.251 e. The predicted octanol–water partition coefficient (Wildman–Crippen LogP) is 3.46. The first-order chi connectivity index (χ1) is 11.3. The molecule has 1 aliphatic rings. The van der Waals surface area contributed by atoms with Gasteiger partial charge in [-0.3, -0.25) is 4.79 Å². The Kier molecular flexibility index (Phi) is 3.30. The molecule has 0 bridgehead atoms. The first-order valence-corrected chi connectivity index (χ1v) is 7.77. The van der Waals surface area contributed by atoms with E-state index >= 15 is 0 Å². The number of aromatic nitrogens is 1. The molecule has 2 aromatic carbocycles. The lowest BCUT2D eigenvalue weighted by molar-refractivity contribution is 0.0950. The van der Waals surface area contributed by atoms with E-state index in [4.69, 9.17) is 4.74 Å². The number of hydrogen-bond acceptors (Lipinski definition) is 2. The first kappa shape index (κ1) is 13.9. The highest BCUT2D eigenvalue weighted by Gasteiger charge is 2.41. The number of aromatic amines is 1. The largest absolute Gasteiger partial charge is 0.496 e. The molecule has 0 unspecified atom stereocenters. The van der Waals surface area contributed by atoms with E-state index < -0.39 is 0 Å². The van der Waals surface area contributed by atoms with Gasteiger partial charge in [-0.1, -0.05) is 24.3 Å². The fraction of sp³-hybridized carbons (Fsp3) is 0.211. The molecule has 1 fully saturated rings. The third-order valence-corrected chi connectivity index (χ3v) is 4.46. The summed E-state index contributed by atoms with van der Waals surface area (Å²) >= 11 is 0. The third kappa shape index (κ3) is 2.57. The molecule has 3 aromatic rings. The van der Waals surface area contributed by atoms with Crippen molar-refractivity contribution in [1.82, 2.24) is 10.3 Å². The number of amides is 1. The Morgan fingerprint density at radius 1 is 1.22 bits per heavy atom. The summed E-state index contributed by atoms with van der Waals surface area (Å²) in [7, 11) is 1.68. The minimum Gasteiger partial charge on any atom is -0.496 e. The molecule has 4 rings (SSSR count). The molecule has 4 heteroatoms. The normalized spacial score (nSPS) is 19.5. The second-order valence-corrected chi connectivity index (χ2v) is 5.94. The van der Waals surface area contributed by atoms with Crippen LogP contribution in [0.1, 0.15) is 28.3 Å². The van der Waals surface area contributed by atoms with Crippen LogP contribution in [0, 0.1) is 0 Å². The number of hydrogen-bond donors (Lipinski definition) is 2. The monoisotopic (exact) mass is 306 g/mol. The molecule has 23 heavy (non-hydrogen) atoms.